The van der Waals surface area contributed by atoms with Gasteiger partial charge in [0.15, 0.2) is 0 Å². The van der Waals surface area contributed by atoms with E-state index in [-0.39, 0.29) is 0 Å². The number of nitrogens with two attached hydrogens (primary N) is 1. The number of ether oxygens (including phenoxy) is 1. The van der Waals surface area contributed by atoms with Crippen LogP contribution in [0.3, 0.4) is 0 Å². The van der Waals surface area contributed by atoms with Crippen LogP contribution in [-0.4, -0.2) is 18.1 Å². The molecule has 1 heterocycles. The molecule has 0 saturated heterocycles. The van der Waals surface area contributed by atoms with Gasteiger partial charge in [0.25, 0.3) is 0 Å². The van der Waals surface area contributed by atoms with Gasteiger partial charge < -0.3 is 20.8 Å². The summed E-state index contributed by atoms with van der Waals surface area (Å²) in [4.78, 5) is 3.41. The van der Waals surface area contributed by atoms with E-state index < -0.39 is 0 Å². The zero-order valence-corrected chi connectivity index (χ0v) is 14.0. The molecule has 0 amide bonds. The number of aromatic nitrogens is 1. The molecule has 4 N–H and O–H groups in total. The Morgan fingerprint density at radius 1 is 0.880 bits per heavy atom. The van der Waals surface area contributed by atoms with E-state index in [1.54, 1.807) is 0 Å². The molecule has 4 heteroatoms. The van der Waals surface area contributed by atoms with Gasteiger partial charge in [0.2, 0.25) is 0 Å². The SMILES string of the molecule is Nc1ccc2c(c1)[nH]c1cc(OCCNCc3ccccc3)ccc12. The molecule has 4 aromatic rings. The van der Waals surface area contributed by atoms with Gasteiger partial charge in [-0.15, -0.1) is 0 Å². The average molecular weight is 331 g/mol. The van der Waals surface area contributed by atoms with Gasteiger partial charge in [0.05, 0.1) is 5.52 Å². The topological polar surface area (TPSA) is 63.1 Å². The molecule has 0 radical (unpaired) electrons. The molecule has 0 saturated carbocycles. The molecule has 0 aliphatic carbocycles. The maximum atomic E-state index is 5.86. The van der Waals surface area contributed by atoms with Gasteiger partial charge in [0, 0.05) is 41.1 Å². The molecule has 4 rings (SSSR count). The Balaban J connectivity index is 1.38. The van der Waals surface area contributed by atoms with Crippen LogP contribution >= 0.6 is 0 Å². The summed E-state index contributed by atoms with van der Waals surface area (Å²) in [6.07, 6.45) is 0. The minimum atomic E-state index is 0.630. The number of hydrogen-bond donors (Lipinski definition) is 3. The Bertz CT molecular complexity index is 992. The number of benzene rings is 3. The fraction of sp³-hybridized carbons (Fsp3) is 0.143. The van der Waals surface area contributed by atoms with Crippen LogP contribution in [0.25, 0.3) is 21.8 Å². The predicted octanol–water partition coefficient (Wildman–Crippen LogP) is 4.07. The zero-order valence-electron chi connectivity index (χ0n) is 14.0. The Morgan fingerprint density at radius 2 is 1.64 bits per heavy atom. The maximum Gasteiger partial charge on any atom is 0.121 e. The van der Waals surface area contributed by atoms with Crippen molar-refractivity contribution >= 4 is 27.5 Å². The third-order valence-electron chi connectivity index (χ3n) is 4.31. The van der Waals surface area contributed by atoms with E-state index in [4.69, 9.17) is 10.5 Å². The summed E-state index contributed by atoms with van der Waals surface area (Å²) >= 11 is 0. The van der Waals surface area contributed by atoms with E-state index >= 15 is 0 Å². The molecule has 0 bridgehead atoms. The monoisotopic (exact) mass is 331 g/mol. The number of nitrogen functional groups attached to an aromatic ring is 1. The highest BCUT2D eigenvalue weighted by Crippen LogP contribution is 2.29. The summed E-state index contributed by atoms with van der Waals surface area (Å²) in [5.74, 6) is 0.869. The molecule has 3 aromatic carbocycles. The van der Waals surface area contributed by atoms with Crippen molar-refractivity contribution in [1.29, 1.82) is 0 Å². The third-order valence-corrected chi connectivity index (χ3v) is 4.31. The van der Waals surface area contributed by atoms with E-state index in [0.29, 0.717) is 6.61 Å². The van der Waals surface area contributed by atoms with Gasteiger partial charge in [-0.1, -0.05) is 36.4 Å². The van der Waals surface area contributed by atoms with Crippen LogP contribution in [0.5, 0.6) is 5.75 Å². The van der Waals surface area contributed by atoms with Crippen molar-refractivity contribution in [3.63, 3.8) is 0 Å². The number of nitrogens with one attached hydrogen (secondary N) is 2. The van der Waals surface area contributed by atoms with Crippen molar-refractivity contribution in [3.05, 3.63) is 72.3 Å². The molecule has 0 aliphatic rings. The molecule has 0 fully saturated rings. The maximum absolute atomic E-state index is 5.86. The molecule has 4 nitrogen and oxygen atoms in total. The highest BCUT2D eigenvalue weighted by Gasteiger charge is 2.05. The first-order chi connectivity index (χ1) is 12.3. The van der Waals surface area contributed by atoms with E-state index in [9.17, 15) is 0 Å². The van der Waals surface area contributed by atoms with Crippen LogP contribution in [-0.2, 0) is 6.54 Å². The van der Waals surface area contributed by atoms with Crippen LogP contribution in [0.4, 0.5) is 5.69 Å². The van der Waals surface area contributed by atoms with Crippen LogP contribution in [0.15, 0.2) is 66.7 Å². The molecular formula is C21H21N3O. The average Bonchev–Trinajstić information content (AvgIpc) is 2.98. The fourth-order valence-electron chi connectivity index (χ4n) is 3.07. The van der Waals surface area contributed by atoms with Crippen molar-refractivity contribution < 1.29 is 4.74 Å². The van der Waals surface area contributed by atoms with Crippen LogP contribution in [0.1, 0.15) is 5.56 Å². The minimum absolute atomic E-state index is 0.630. The van der Waals surface area contributed by atoms with Crippen LogP contribution in [0.2, 0.25) is 0 Å². The highest BCUT2D eigenvalue weighted by atomic mass is 16.5. The molecule has 0 atom stereocenters. The second-order valence-electron chi connectivity index (χ2n) is 6.15. The Kier molecular flexibility index (Phi) is 4.27. The number of H-pyrrole nitrogens is 1. The lowest BCUT2D eigenvalue weighted by Crippen LogP contribution is -2.20. The summed E-state index contributed by atoms with van der Waals surface area (Å²) in [5, 5.41) is 5.76. The van der Waals surface area contributed by atoms with Gasteiger partial charge in [-0.25, -0.2) is 0 Å². The van der Waals surface area contributed by atoms with Crippen LogP contribution in [0, 0.1) is 0 Å². The van der Waals surface area contributed by atoms with Crippen molar-refractivity contribution in [2.75, 3.05) is 18.9 Å². The minimum Gasteiger partial charge on any atom is -0.492 e. The van der Waals surface area contributed by atoms with Gasteiger partial charge >= 0.3 is 0 Å². The molecular weight excluding hydrogens is 310 g/mol. The second kappa shape index (κ2) is 6.87. The Morgan fingerprint density at radius 3 is 2.48 bits per heavy atom. The summed E-state index contributed by atoms with van der Waals surface area (Å²) in [7, 11) is 0. The number of rotatable bonds is 6. The quantitative estimate of drug-likeness (QED) is 0.369. The van der Waals surface area contributed by atoms with Gasteiger partial charge in [-0.05, 0) is 29.8 Å². The predicted molar refractivity (Wildman–Crippen MR) is 104 cm³/mol. The van der Waals surface area contributed by atoms with Crippen molar-refractivity contribution in [2.24, 2.45) is 0 Å². The first-order valence-electron chi connectivity index (χ1n) is 8.48. The third kappa shape index (κ3) is 3.44. The van der Waals surface area contributed by atoms with Crippen molar-refractivity contribution in [2.45, 2.75) is 6.54 Å². The summed E-state index contributed by atoms with van der Waals surface area (Å²) in [6.45, 7) is 2.29. The molecule has 1 aromatic heterocycles. The first kappa shape index (κ1) is 15.5. The lowest BCUT2D eigenvalue weighted by molar-refractivity contribution is 0.314. The van der Waals surface area contributed by atoms with Gasteiger partial charge in [-0.3, -0.25) is 0 Å². The molecule has 126 valence electrons. The summed E-state index contributed by atoms with van der Waals surface area (Å²) in [5.41, 5.74) is 10.0. The molecule has 0 unspecified atom stereocenters. The van der Waals surface area contributed by atoms with Gasteiger partial charge in [0.1, 0.15) is 12.4 Å². The van der Waals surface area contributed by atoms with E-state index in [2.05, 4.69) is 46.7 Å². The lowest BCUT2D eigenvalue weighted by Gasteiger charge is -2.08. The van der Waals surface area contributed by atoms with E-state index in [1.807, 2.05) is 30.3 Å². The largest absolute Gasteiger partial charge is 0.492 e. The number of hydrogen-bond acceptors (Lipinski definition) is 3. The number of anilines is 1. The molecule has 0 spiro atoms. The smallest absolute Gasteiger partial charge is 0.121 e. The number of fused-ring (bicyclic) bond motifs is 3. The lowest BCUT2D eigenvalue weighted by atomic mass is 10.1. The van der Waals surface area contributed by atoms with Crippen molar-refractivity contribution in [1.82, 2.24) is 10.3 Å². The molecule has 25 heavy (non-hydrogen) atoms. The Labute approximate surface area is 146 Å². The Hall–Kier alpha value is -2.98. The fourth-order valence-corrected chi connectivity index (χ4v) is 3.07. The normalized spacial score (nSPS) is 11.2. The standard InChI is InChI=1S/C21H21N3O/c22-16-6-8-18-19-9-7-17(13-21(19)24-20(18)12-16)25-11-10-23-14-15-4-2-1-3-5-15/h1-9,12-13,23-24H,10-11,14,22H2. The zero-order chi connectivity index (χ0) is 17.1. The summed E-state index contributed by atoms with van der Waals surface area (Å²) in [6, 6.07) is 22.5. The van der Waals surface area contributed by atoms with E-state index in [1.165, 1.54) is 16.3 Å². The summed E-state index contributed by atoms with van der Waals surface area (Å²) < 4.78 is 5.86. The van der Waals surface area contributed by atoms with E-state index in [0.717, 1.165) is 35.6 Å². The second-order valence-corrected chi connectivity index (χ2v) is 6.15. The first-order valence-corrected chi connectivity index (χ1v) is 8.48. The van der Waals surface area contributed by atoms with Crippen LogP contribution < -0.4 is 15.8 Å². The molecule has 0 aliphatic heterocycles. The number of aromatic amines is 1. The van der Waals surface area contributed by atoms with Gasteiger partial charge in [-0.2, -0.15) is 0 Å². The highest BCUT2D eigenvalue weighted by molar-refractivity contribution is 6.08. The van der Waals surface area contributed by atoms with Crippen molar-refractivity contribution in [3.8, 4) is 5.75 Å².